The molecule has 0 aliphatic heterocycles. The average Bonchev–Trinajstić information content (AvgIpc) is 3.13. The zero-order valence-corrected chi connectivity index (χ0v) is 18.0. The molecule has 0 amide bonds. The lowest BCUT2D eigenvalue weighted by molar-refractivity contribution is -0.0335. The first-order chi connectivity index (χ1) is 15.2. The van der Waals surface area contributed by atoms with Gasteiger partial charge in [-0.15, -0.1) is 0 Å². The van der Waals surface area contributed by atoms with E-state index in [9.17, 15) is 10.2 Å². The van der Waals surface area contributed by atoms with E-state index in [1.54, 1.807) is 50.5 Å². The highest BCUT2D eigenvalue weighted by molar-refractivity contribution is 5.85. The van der Waals surface area contributed by atoms with Crippen LogP contribution in [0.3, 0.4) is 0 Å². The van der Waals surface area contributed by atoms with Crippen molar-refractivity contribution in [3.05, 3.63) is 83.7 Å². The maximum atomic E-state index is 15.4. The molecule has 1 unspecified atom stereocenters. The van der Waals surface area contributed by atoms with Gasteiger partial charge in [0.1, 0.15) is 34.3 Å². The third kappa shape index (κ3) is 3.25. The van der Waals surface area contributed by atoms with Gasteiger partial charge < -0.3 is 15.9 Å². The van der Waals surface area contributed by atoms with E-state index in [1.807, 2.05) is 22.6 Å². The number of nitrogens with zero attached hydrogens (tertiary/aromatic N) is 3. The van der Waals surface area contributed by atoms with Gasteiger partial charge in [0.2, 0.25) is 0 Å². The third-order valence-electron chi connectivity index (χ3n) is 6.47. The van der Waals surface area contributed by atoms with Crippen LogP contribution in [0.2, 0.25) is 0 Å². The average molecular weight is 432 g/mol. The highest BCUT2D eigenvalue weighted by Crippen LogP contribution is 2.45. The van der Waals surface area contributed by atoms with Crippen molar-refractivity contribution in [2.24, 2.45) is 0 Å². The Morgan fingerprint density at radius 3 is 2.53 bits per heavy atom. The molecule has 164 valence electrons. The number of nitrogens with two attached hydrogens (primary N) is 1. The van der Waals surface area contributed by atoms with Crippen LogP contribution in [-0.4, -0.2) is 30.2 Å². The zero-order valence-electron chi connectivity index (χ0n) is 18.0. The van der Waals surface area contributed by atoms with Crippen molar-refractivity contribution in [2.75, 3.05) is 5.73 Å². The molecule has 1 saturated carbocycles. The van der Waals surface area contributed by atoms with E-state index in [2.05, 4.69) is 4.98 Å². The molecule has 1 atom stereocenters. The van der Waals surface area contributed by atoms with Gasteiger partial charge in [-0.2, -0.15) is 0 Å². The Bertz CT molecular complexity index is 1310. The van der Waals surface area contributed by atoms with E-state index in [0.717, 1.165) is 5.82 Å². The predicted octanol–water partition coefficient (Wildman–Crippen LogP) is 4.00. The van der Waals surface area contributed by atoms with Crippen LogP contribution in [0, 0.1) is 5.82 Å². The predicted molar refractivity (Wildman–Crippen MR) is 121 cm³/mol. The highest BCUT2D eigenvalue weighted by Gasteiger charge is 2.42. The van der Waals surface area contributed by atoms with Gasteiger partial charge in [-0.05, 0) is 49.9 Å². The lowest BCUT2D eigenvalue weighted by Gasteiger charge is -2.40. The summed E-state index contributed by atoms with van der Waals surface area (Å²) < 4.78 is 17.2. The van der Waals surface area contributed by atoms with E-state index in [1.165, 1.54) is 6.07 Å². The number of aromatic nitrogens is 3. The summed E-state index contributed by atoms with van der Waals surface area (Å²) in [6.07, 6.45) is 4.51. The molecule has 0 bridgehead atoms. The minimum absolute atomic E-state index is 0.0502. The quantitative estimate of drug-likeness (QED) is 0.453. The summed E-state index contributed by atoms with van der Waals surface area (Å²) in [4.78, 5) is 8.92. The van der Waals surface area contributed by atoms with Crippen molar-refractivity contribution in [3.63, 3.8) is 0 Å². The summed E-state index contributed by atoms with van der Waals surface area (Å²) in [6, 6.07) is 13.8. The highest BCUT2D eigenvalue weighted by atomic mass is 19.1. The van der Waals surface area contributed by atoms with Gasteiger partial charge in [-0.25, -0.2) is 14.4 Å². The van der Waals surface area contributed by atoms with Crippen molar-refractivity contribution in [2.45, 2.75) is 43.8 Å². The van der Waals surface area contributed by atoms with E-state index >= 15 is 4.39 Å². The summed E-state index contributed by atoms with van der Waals surface area (Å²) in [5, 5.41) is 21.3. The second kappa shape index (κ2) is 7.12. The Hall–Kier alpha value is -3.29. The van der Waals surface area contributed by atoms with E-state index in [-0.39, 0.29) is 17.3 Å². The van der Waals surface area contributed by atoms with Crippen LogP contribution >= 0.6 is 0 Å². The Morgan fingerprint density at radius 2 is 1.88 bits per heavy atom. The van der Waals surface area contributed by atoms with Crippen molar-refractivity contribution in [3.8, 4) is 11.3 Å². The molecule has 6 nitrogen and oxygen atoms in total. The van der Waals surface area contributed by atoms with Crippen molar-refractivity contribution in [1.29, 1.82) is 0 Å². The molecule has 2 aromatic heterocycles. The summed E-state index contributed by atoms with van der Waals surface area (Å²) in [5.41, 5.74) is 6.44. The number of imidazole rings is 1. The normalized spacial score (nSPS) is 22.5. The standard InChI is InChI=1S/C25H25FN4O2/c1-24(31)13-15(14-24)23-29-20(21-22(27)28-10-11-30(21)23)18-9-8-17(12-19(18)26)25(2,32)16-6-4-3-5-7-16/h3-12,15,31-32H,13-14H2,1-2H3,(H2,27,28). The topological polar surface area (TPSA) is 96.7 Å². The van der Waals surface area contributed by atoms with E-state index < -0.39 is 17.0 Å². The Labute approximate surface area is 185 Å². The molecule has 7 heteroatoms. The van der Waals surface area contributed by atoms with Gasteiger partial charge in [-0.3, -0.25) is 4.40 Å². The van der Waals surface area contributed by atoms with Crippen LogP contribution in [0.15, 0.2) is 60.9 Å². The molecule has 4 aromatic rings. The number of rotatable bonds is 4. The number of benzene rings is 2. The number of hydrogen-bond donors (Lipinski definition) is 3. The Balaban J connectivity index is 1.61. The second-order valence-electron chi connectivity index (χ2n) is 9.08. The molecule has 1 aliphatic rings. The first kappa shape index (κ1) is 20.6. The molecule has 0 spiro atoms. The monoisotopic (exact) mass is 432 g/mol. The SMILES string of the molecule is CC1(O)CC(c2nc(-c3ccc(C(C)(O)c4ccccc4)cc3F)c3c(N)nccn23)C1. The van der Waals surface area contributed by atoms with Gasteiger partial charge in [-0.1, -0.05) is 36.4 Å². The first-order valence-corrected chi connectivity index (χ1v) is 10.6. The summed E-state index contributed by atoms with van der Waals surface area (Å²) in [5.74, 6) is 0.533. The fourth-order valence-corrected chi connectivity index (χ4v) is 4.69. The van der Waals surface area contributed by atoms with Gasteiger partial charge in [0.05, 0.1) is 5.60 Å². The number of aliphatic hydroxyl groups is 2. The lowest BCUT2D eigenvalue weighted by atomic mass is 9.72. The molecule has 0 saturated heterocycles. The van der Waals surface area contributed by atoms with Crippen LogP contribution in [0.4, 0.5) is 10.2 Å². The lowest BCUT2D eigenvalue weighted by Crippen LogP contribution is -2.40. The molecular formula is C25H25FN4O2. The van der Waals surface area contributed by atoms with Crippen LogP contribution in [-0.2, 0) is 5.60 Å². The zero-order chi connectivity index (χ0) is 22.7. The van der Waals surface area contributed by atoms with E-state index in [4.69, 9.17) is 10.7 Å². The fraction of sp³-hybridized carbons (Fsp3) is 0.280. The van der Waals surface area contributed by atoms with Gasteiger partial charge >= 0.3 is 0 Å². The molecule has 4 N–H and O–H groups in total. The molecule has 5 rings (SSSR count). The molecule has 2 aromatic carbocycles. The Morgan fingerprint density at radius 1 is 1.16 bits per heavy atom. The van der Waals surface area contributed by atoms with Gasteiger partial charge in [0.15, 0.2) is 0 Å². The van der Waals surface area contributed by atoms with Crippen LogP contribution in [0.5, 0.6) is 0 Å². The summed E-state index contributed by atoms with van der Waals surface area (Å²) >= 11 is 0. The first-order valence-electron chi connectivity index (χ1n) is 10.6. The molecule has 0 radical (unpaired) electrons. The van der Waals surface area contributed by atoms with E-state index in [0.29, 0.717) is 35.2 Å². The molecule has 2 heterocycles. The minimum Gasteiger partial charge on any atom is -0.390 e. The summed E-state index contributed by atoms with van der Waals surface area (Å²) in [6.45, 7) is 3.44. The third-order valence-corrected chi connectivity index (χ3v) is 6.47. The minimum atomic E-state index is -1.35. The van der Waals surface area contributed by atoms with Gasteiger partial charge in [0, 0.05) is 23.9 Å². The number of anilines is 1. The molecule has 1 fully saturated rings. The maximum Gasteiger partial charge on any atom is 0.150 e. The number of nitrogen functional groups attached to an aromatic ring is 1. The van der Waals surface area contributed by atoms with Crippen molar-refractivity contribution < 1.29 is 14.6 Å². The Kier molecular flexibility index (Phi) is 4.58. The molecular weight excluding hydrogens is 407 g/mol. The van der Waals surface area contributed by atoms with Crippen LogP contribution in [0.1, 0.15) is 49.6 Å². The van der Waals surface area contributed by atoms with Crippen LogP contribution in [0.25, 0.3) is 16.8 Å². The maximum absolute atomic E-state index is 15.4. The molecule has 32 heavy (non-hydrogen) atoms. The van der Waals surface area contributed by atoms with Crippen LogP contribution < -0.4 is 5.73 Å². The molecule has 1 aliphatic carbocycles. The van der Waals surface area contributed by atoms with Crippen molar-refractivity contribution >= 4 is 11.3 Å². The van der Waals surface area contributed by atoms with Crippen molar-refractivity contribution in [1.82, 2.24) is 14.4 Å². The van der Waals surface area contributed by atoms with Gasteiger partial charge in [0.25, 0.3) is 0 Å². The fourth-order valence-electron chi connectivity index (χ4n) is 4.69. The second-order valence-corrected chi connectivity index (χ2v) is 9.08. The number of hydrogen-bond acceptors (Lipinski definition) is 5. The smallest absolute Gasteiger partial charge is 0.150 e. The largest absolute Gasteiger partial charge is 0.390 e. The summed E-state index contributed by atoms with van der Waals surface area (Å²) in [7, 11) is 0. The number of halogens is 1. The number of fused-ring (bicyclic) bond motifs is 1.